The van der Waals surface area contributed by atoms with Gasteiger partial charge in [-0.05, 0) is 44.7 Å². The molecule has 0 aliphatic rings. The number of hydrogen-bond donors (Lipinski definition) is 2. The van der Waals surface area contributed by atoms with E-state index in [1.54, 1.807) is 7.11 Å². The number of aliphatic hydroxyl groups is 1. The van der Waals surface area contributed by atoms with Crippen LogP contribution < -0.4 is 5.32 Å². The number of aliphatic hydroxyl groups excluding tert-OH is 1. The molecule has 1 unspecified atom stereocenters. The summed E-state index contributed by atoms with van der Waals surface area (Å²) >= 11 is 0. The van der Waals surface area contributed by atoms with Crippen LogP contribution in [0.25, 0.3) is 0 Å². The molecular weight excluding hydrogens is 264 g/mol. The maximum atomic E-state index is 9.76. The van der Waals surface area contributed by atoms with Crippen molar-refractivity contribution in [2.75, 3.05) is 46.5 Å². The third kappa shape index (κ3) is 9.46. The first kappa shape index (κ1) is 20.8. The molecule has 0 bridgehead atoms. The fraction of sp³-hybridized carbons (Fsp3) is 1.00. The summed E-state index contributed by atoms with van der Waals surface area (Å²) in [6.07, 6.45) is 4.23. The molecule has 0 fully saturated rings. The topological polar surface area (TPSA) is 44.7 Å². The van der Waals surface area contributed by atoms with Crippen LogP contribution in [0.5, 0.6) is 0 Å². The van der Waals surface area contributed by atoms with Crippen LogP contribution in [0.2, 0.25) is 0 Å². The molecule has 0 amide bonds. The van der Waals surface area contributed by atoms with Gasteiger partial charge >= 0.3 is 0 Å². The van der Waals surface area contributed by atoms with Crippen LogP contribution in [-0.2, 0) is 4.74 Å². The van der Waals surface area contributed by atoms with Crippen molar-refractivity contribution in [1.29, 1.82) is 0 Å². The lowest BCUT2D eigenvalue weighted by Crippen LogP contribution is -2.49. The van der Waals surface area contributed by atoms with Gasteiger partial charge in [-0.25, -0.2) is 0 Å². The number of nitrogens with one attached hydrogen (secondary N) is 1. The van der Waals surface area contributed by atoms with Gasteiger partial charge in [-0.3, -0.25) is 0 Å². The van der Waals surface area contributed by atoms with Gasteiger partial charge in [-0.15, -0.1) is 0 Å². The summed E-state index contributed by atoms with van der Waals surface area (Å²) in [6.45, 7) is 14.0. The molecule has 1 atom stereocenters. The summed E-state index contributed by atoms with van der Waals surface area (Å²) in [4.78, 5) is 2.48. The summed E-state index contributed by atoms with van der Waals surface area (Å²) < 4.78 is 5.20. The Hall–Kier alpha value is -0.160. The summed E-state index contributed by atoms with van der Waals surface area (Å²) in [5.74, 6) is 0.675. The van der Waals surface area contributed by atoms with Crippen LogP contribution >= 0.6 is 0 Å². The Labute approximate surface area is 132 Å². The molecule has 4 heteroatoms. The van der Waals surface area contributed by atoms with Crippen molar-refractivity contribution in [3.05, 3.63) is 0 Å². The molecule has 2 N–H and O–H groups in total. The van der Waals surface area contributed by atoms with E-state index in [9.17, 15) is 5.11 Å². The predicted octanol–water partition coefficient (Wildman–Crippen LogP) is 2.51. The third-order valence-corrected chi connectivity index (χ3v) is 4.09. The monoisotopic (exact) mass is 302 g/mol. The number of ether oxygens (including phenoxy) is 1. The molecule has 0 aliphatic carbocycles. The van der Waals surface area contributed by atoms with E-state index in [1.165, 1.54) is 0 Å². The lowest BCUT2D eigenvalue weighted by molar-refractivity contribution is 0.121. The van der Waals surface area contributed by atoms with E-state index in [0.29, 0.717) is 5.92 Å². The number of methoxy groups -OCH3 is 1. The largest absolute Gasteiger partial charge is 0.394 e. The van der Waals surface area contributed by atoms with Crippen molar-refractivity contribution in [2.45, 2.75) is 58.9 Å². The quantitative estimate of drug-likeness (QED) is 0.517. The van der Waals surface area contributed by atoms with E-state index in [4.69, 9.17) is 4.74 Å². The van der Waals surface area contributed by atoms with Gasteiger partial charge in [0.15, 0.2) is 0 Å². The van der Waals surface area contributed by atoms with E-state index in [0.717, 1.165) is 58.5 Å². The molecule has 0 heterocycles. The van der Waals surface area contributed by atoms with Crippen molar-refractivity contribution < 1.29 is 9.84 Å². The molecule has 128 valence electrons. The van der Waals surface area contributed by atoms with Crippen LogP contribution in [0.4, 0.5) is 0 Å². The molecule has 0 saturated heterocycles. The van der Waals surface area contributed by atoms with E-state index in [1.807, 2.05) is 0 Å². The number of nitrogens with zero attached hydrogens (tertiary/aromatic N) is 1. The summed E-state index contributed by atoms with van der Waals surface area (Å²) in [5.41, 5.74) is -0.0965. The molecule has 0 radical (unpaired) electrons. The molecular formula is C17H38N2O2. The van der Waals surface area contributed by atoms with Crippen molar-refractivity contribution in [3.63, 3.8) is 0 Å². The average molecular weight is 303 g/mol. The molecule has 0 saturated carbocycles. The average Bonchev–Trinajstić information content (AvgIpc) is 2.48. The summed E-state index contributed by atoms with van der Waals surface area (Å²) in [5, 5.41) is 13.3. The standard InChI is InChI=1S/C17H38N2O2/c1-6-10-18-17(7-2,15-20)9-8-11-19(12-13-21-5)14-16(3)4/h16,18,20H,6-15H2,1-5H3. The Bertz CT molecular complexity index is 231. The highest BCUT2D eigenvalue weighted by Crippen LogP contribution is 2.17. The summed E-state index contributed by atoms with van der Waals surface area (Å²) in [7, 11) is 1.76. The van der Waals surface area contributed by atoms with Crippen LogP contribution in [0.3, 0.4) is 0 Å². The SMILES string of the molecule is CCCNC(CC)(CO)CCCN(CCOC)CC(C)C. The maximum absolute atomic E-state index is 9.76. The zero-order valence-corrected chi connectivity index (χ0v) is 15.0. The van der Waals surface area contributed by atoms with Crippen molar-refractivity contribution >= 4 is 0 Å². The first-order chi connectivity index (χ1) is 10.0. The summed E-state index contributed by atoms with van der Waals surface area (Å²) in [6, 6.07) is 0. The fourth-order valence-electron chi connectivity index (χ4n) is 2.70. The lowest BCUT2D eigenvalue weighted by atomic mass is 9.91. The first-order valence-electron chi connectivity index (χ1n) is 8.60. The van der Waals surface area contributed by atoms with Crippen molar-refractivity contribution in [3.8, 4) is 0 Å². The maximum Gasteiger partial charge on any atom is 0.0613 e. The minimum Gasteiger partial charge on any atom is -0.394 e. The zero-order valence-electron chi connectivity index (χ0n) is 15.0. The molecule has 0 aliphatic heterocycles. The normalized spacial score (nSPS) is 14.9. The smallest absolute Gasteiger partial charge is 0.0613 e. The second-order valence-electron chi connectivity index (χ2n) is 6.51. The highest BCUT2D eigenvalue weighted by Gasteiger charge is 2.25. The van der Waals surface area contributed by atoms with Crippen molar-refractivity contribution in [2.24, 2.45) is 5.92 Å². The Morgan fingerprint density at radius 2 is 1.95 bits per heavy atom. The van der Waals surface area contributed by atoms with Gasteiger partial charge in [-0.1, -0.05) is 27.7 Å². The highest BCUT2D eigenvalue weighted by molar-refractivity contribution is 4.86. The number of hydrogen-bond acceptors (Lipinski definition) is 4. The molecule has 0 aromatic heterocycles. The minimum absolute atomic E-state index is 0.0965. The molecule has 0 spiro atoms. The fourth-order valence-corrected chi connectivity index (χ4v) is 2.70. The second-order valence-corrected chi connectivity index (χ2v) is 6.51. The van der Waals surface area contributed by atoms with Crippen LogP contribution in [0, 0.1) is 5.92 Å². The van der Waals surface area contributed by atoms with Crippen molar-refractivity contribution in [1.82, 2.24) is 10.2 Å². The molecule has 21 heavy (non-hydrogen) atoms. The first-order valence-corrected chi connectivity index (χ1v) is 8.60. The Morgan fingerprint density at radius 1 is 1.24 bits per heavy atom. The van der Waals surface area contributed by atoms with E-state index in [2.05, 4.69) is 37.9 Å². The van der Waals surface area contributed by atoms with Gasteiger partial charge in [-0.2, -0.15) is 0 Å². The molecule has 0 rings (SSSR count). The number of rotatable bonds is 14. The van der Waals surface area contributed by atoms with Gasteiger partial charge in [0.2, 0.25) is 0 Å². The van der Waals surface area contributed by atoms with Gasteiger partial charge in [0.05, 0.1) is 13.2 Å². The Kier molecular flexibility index (Phi) is 12.3. The minimum atomic E-state index is -0.0965. The van der Waals surface area contributed by atoms with E-state index < -0.39 is 0 Å². The molecule has 4 nitrogen and oxygen atoms in total. The van der Waals surface area contributed by atoms with Crippen LogP contribution in [-0.4, -0.2) is 62.0 Å². The van der Waals surface area contributed by atoms with Crippen LogP contribution in [0.1, 0.15) is 53.4 Å². The van der Waals surface area contributed by atoms with Gasteiger partial charge in [0, 0.05) is 25.7 Å². The second kappa shape index (κ2) is 12.4. The zero-order chi connectivity index (χ0) is 16.1. The third-order valence-electron chi connectivity index (χ3n) is 4.09. The molecule has 0 aromatic carbocycles. The lowest BCUT2D eigenvalue weighted by Gasteiger charge is -2.33. The van der Waals surface area contributed by atoms with Gasteiger partial charge in [0.1, 0.15) is 0 Å². The van der Waals surface area contributed by atoms with E-state index in [-0.39, 0.29) is 12.1 Å². The van der Waals surface area contributed by atoms with Gasteiger partial charge < -0.3 is 20.1 Å². The highest BCUT2D eigenvalue weighted by atomic mass is 16.5. The van der Waals surface area contributed by atoms with Gasteiger partial charge in [0.25, 0.3) is 0 Å². The molecule has 0 aromatic rings. The Morgan fingerprint density at radius 3 is 2.43 bits per heavy atom. The Balaban J connectivity index is 4.28. The van der Waals surface area contributed by atoms with E-state index >= 15 is 0 Å². The van der Waals surface area contributed by atoms with Crippen LogP contribution in [0.15, 0.2) is 0 Å². The predicted molar refractivity (Wildman–Crippen MR) is 90.8 cm³/mol.